The lowest BCUT2D eigenvalue weighted by Crippen LogP contribution is -2.37. The van der Waals surface area contributed by atoms with Gasteiger partial charge in [0.1, 0.15) is 11.5 Å². The van der Waals surface area contributed by atoms with E-state index < -0.39 is 5.92 Å². The molecule has 0 aromatic heterocycles. The zero-order valence-electron chi connectivity index (χ0n) is 17.9. The minimum atomic E-state index is -0.398. The van der Waals surface area contributed by atoms with E-state index in [0.717, 1.165) is 22.1 Å². The Kier molecular flexibility index (Phi) is 7.02. The molecule has 1 N–H and O–H groups in total. The quantitative estimate of drug-likeness (QED) is 0.577. The van der Waals surface area contributed by atoms with Crippen molar-refractivity contribution in [3.8, 4) is 11.5 Å². The van der Waals surface area contributed by atoms with Gasteiger partial charge in [-0.1, -0.05) is 35.9 Å². The van der Waals surface area contributed by atoms with Crippen molar-refractivity contribution >= 4 is 39.9 Å². The van der Waals surface area contributed by atoms with Gasteiger partial charge in [-0.3, -0.25) is 9.59 Å². The van der Waals surface area contributed by atoms with Crippen LogP contribution in [-0.2, 0) is 9.59 Å². The van der Waals surface area contributed by atoms with E-state index in [9.17, 15) is 9.59 Å². The molecule has 0 aliphatic rings. The van der Waals surface area contributed by atoms with Crippen LogP contribution in [0.4, 0.5) is 5.69 Å². The number of halogens is 1. The molecule has 3 aromatic carbocycles. The number of amides is 2. The molecule has 6 nitrogen and oxygen atoms in total. The summed E-state index contributed by atoms with van der Waals surface area (Å²) in [6.45, 7) is 1.74. The van der Waals surface area contributed by atoms with Gasteiger partial charge in [-0.05, 0) is 53.6 Å². The van der Waals surface area contributed by atoms with E-state index in [4.69, 9.17) is 21.1 Å². The van der Waals surface area contributed by atoms with E-state index in [0.29, 0.717) is 16.5 Å². The first-order valence-corrected chi connectivity index (χ1v) is 10.2. The molecule has 0 aliphatic heterocycles. The van der Waals surface area contributed by atoms with E-state index in [1.54, 1.807) is 32.4 Å². The van der Waals surface area contributed by atoms with Crippen LogP contribution in [0.5, 0.6) is 11.5 Å². The molecule has 0 aliphatic carbocycles. The molecule has 0 fully saturated rings. The number of hydrogen-bond donors (Lipinski definition) is 1. The average Bonchev–Trinajstić information content (AvgIpc) is 2.77. The summed E-state index contributed by atoms with van der Waals surface area (Å²) in [6, 6.07) is 16.6. The first kappa shape index (κ1) is 22.4. The monoisotopic (exact) mass is 440 g/mol. The van der Waals surface area contributed by atoms with Gasteiger partial charge in [0.05, 0.1) is 32.4 Å². The van der Waals surface area contributed by atoms with Gasteiger partial charge in [0, 0.05) is 12.1 Å². The third-order valence-electron chi connectivity index (χ3n) is 5.13. The molecular weight excluding hydrogens is 416 g/mol. The van der Waals surface area contributed by atoms with Crippen molar-refractivity contribution in [1.29, 1.82) is 0 Å². The fourth-order valence-electron chi connectivity index (χ4n) is 3.37. The second-order valence-electron chi connectivity index (χ2n) is 7.28. The predicted octanol–water partition coefficient (Wildman–Crippen LogP) is 4.71. The molecule has 0 bridgehead atoms. The lowest BCUT2D eigenvalue weighted by Gasteiger charge is -2.22. The summed E-state index contributed by atoms with van der Waals surface area (Å²) in [4.78, 5) is 26.8. The highest BCUT2D eigenvalue weighted by Gasteiger charge is 2.22. The second kappa shape index (κ2) is 9.71. The van der Waals surface area contributed by atoms with Crippen molar-refractivity contribution < 1.29 is 19.1 Å². The molecule has 31 heavy (non-hydrogen) atoms. The second-order valence-corrected chi connectivity index (χ2v) is 7.72. The molecule has 7 heteroatoms. The molecular formula is C24H25ClN2O4. The normalized spacial score (nSPS) is 11.6. The highest BCUT2D eigenvalue weighted by atomic mass is 35.5. The van der Waals surface area contributed by atoms with Crippen LogP contribution in [0.1, 0.15) is 18.4 Å². The molecule has 3 rings (SSSR count). The number of carbonyl (C=O) groups is 2. The Morgan fingerprint density at radius 1 is 1.00 bits per heavy atom. The molecule has 1 atom stereocenters. The van der Waals surface area contributed by atoms with Crippen molar-refractivity contribution in [3.05, 3.63) is 65.2 Å². The minimum Gasteiger partial charge on any atom is -0.497 e. The van der Waals surface area contributed by atoms with Crippen molar-refractivity contribution in [1.82, 2.24) is 4.90 Å². The highest BCUT2D eigenvalue weighted by Crippen LogP contribution is 2.28. The Hall–Kier alpha value is -3.25. The Balaban J connectivity index is 1.68. The van der Waals surface area contributed by atoms with Crippen molar-refractivity contribution in [2.75, 3.05) is 33.1 Å². The molecule has 0 heterocycles. The van der Waals surface area contributed by atoms with Crippen LogP contribution in [0.15, 0.2) is 54.6 Å². The van der Waals surface area contributed by atoms with Gasteiger partial charge in [-0.2, -0.15) is 0 Å². The van der Waals surface area contributed by atoms with E-state index in [2.05, 4.69) is 5.32 Å². The molecule has 0 saturated heterocycles. The van der Waals surface area contributed by atoms with E-state index in [1.165, 1.54) is 12.0 Å². The number of rotatable bonds is 7. The third-order valence-corrected chi connectivity index (χ3v) is 5.37. The van der Waals surface area contributed by atoms with Crippen LogP contribution in [0.25, 0.3) is 10.8 Å². The molecule has 2 amide bonds. The largest absolute Gasteiger partial charge is 0.497 e. The number of carbonyl (C=O) groups excluding carboxylic acids is 2. The standard InChI is InChI=1S/C24H25ClN2O4/c1-15(16-5-6-18-12-20(30-3)9-7-17(18)11-16)24(29)27(2)14-23(28)26-21-13-19(25)8-10-22(21)31-4/h5-13,15H,14H2,1-4H3,(H,26,28)/t15-/m0/s1. The van der Waals surface area contributed by atoms with Crippen LogP contribution < -0.4 is 14.8 Å². The Bertz CT molecular complexity index is 1120. The number of nitrogens with one attached hydrogen (secondary N) is 1. The maximum atomic E-state index is 12.9. The summed E-state index contributed by atoms with van der Waals surface area (Å²) in [7, 11) is 4.75. The summed E-state index contributed by atoms with van der Waals surface area (Å²) in [6.07, 6.45) is 0. The first-order chi connectivity index (χ1) is 14.8. The SMILES string of the molecule is COc1ccc2cc([C@H](C)C(=O)N(C)CC(=O)Nc3cc(Cl)ccc3OC)ccc2c1. The van der Waals surface area contributed by atoms with Gasteiger partial charge in [0.25, 0.3) is 0 Å². The number of hydrogen-bond acceptors (Lipinski definition) is 4. The van der Waals surface area contributed by atoms with E-state index in [1.807, 2.05) is 43.3 Å². The number of nitrogens with zero attached hydrogens (tertiary/aromatic N) is 1. The first-order valence-electron chi connectivity index (χ1n) is 9.78. The van der Waals surface area contributed by atoms with Crippen LogP contribution in [-0.4, -0.2) is 44.5 Å². The predicted molar refractivity (Wildman–Crippen MR) is 123 cm³/mol. The van der Waals surface area contributed by atoms with Crippen LogP contribution in [0.3, 0.4) is 0 Å². The molecule has 0 unspecified atom stereocenters. The topological polar surface area (TPSA) is 67.9 Å². The Morgan fingerprint density at radius 3 is 2.42 bits per heavy atom. The molecule has 0 saturated carbocycles. The lowest BCUT2D eigenvalue weighted by molar-refractivity contribution is -0.134. The van der Waals surface area contributed by atoms with Crippen LogP contribution in [0.2, 0.25) is 5.02 Å². The van der Waals surface area contributed by atoms with Crippen molar-refractivity contribution in [2.45, 2.75) is 12.8 Å². The number of fused-ring (bicyclic) bond motifs is 1. The fourth-order valence-corrected chi connectivity index (χ4v) is 3.54. The van der Waals surface area contributed by atoms with Gasteiger partial charge in [0.15, 0.2) is 0 Å². The third kappa shape index (κ3) is 5.27. The Labute approximate surface area is 186 Å². The summed E-state index contributed by atoms with van der Waals surface area (Å²) >= 11 is 6.00. The van der Waals surface area contributed by atoms with Gasteiger partial charge < -0.3 is 19.7 Å². The van der Waals surface area contributed by atoms with Crippen LogP contribution >= 0.6 is 11.6 Å². The maximum Gasteiger partial charge on any atom is 0.244 e. The average molecular weight is 441 g/mol. The number of ether oxygens (including phenoxy) is 2. The summed E-state index contributed by atoms with van der Waals surface area (Å²) < 4.78 is 10.5. The number of methoxy groups -OCH3 is 2. The van der Waals surface area contributed by atoms with Crippen molar-refractivity contribution in [2.24, 2.45) is 0 Å². The molecule has 0 radical (unpaired) electrons. The molecule has 0 spiro atoms. The fraction of sp³-hybridized carbons (Fsp3) is 0.250. The smallest absolute Gasteiger partial charge is 0.244 e. The van der Waals surface area contributed by atoms with Crippen molar-refractivity contribution in [3.63, 3.8) is 0 Å². The highest BCUT2D eigenvalue weighted by molar-refractivity contribution is 6.31. The minimum absolute atomic E-state index is 0.0936. The van der Waals surface area contributed by atoms with Gasteiger partial charge in [-0.15, -0.1) is 0 Å². The molecule has 3 aromatic rings. The number of benzene rings is 3. The van der Waals surface area contributed by atoms with Crippen LogP contribution in [0, 0.1) is 0 Å². The van der Waals surface area contributed by atoms with Gasteiger partial charge in [-0.25, -0.2) is 0 Å². The summed E-state index contributed by atoms with van der Waals surface area (Å²) in [5, 5.41) is 5.28. The van der Waals surface area contributed by atoms with E-state index >= 15 is 0 Å². The molecule has 162 valence electrons. The van der Waals surface area contributed by atoms with E-state index in [-0.39, 0.29) is 18.4 Å². The zero-order chi connectivity index (χ0) is 22.5. The lowest BCUT2D eigenvalue weighted by atomic mass is 9.96. The summed E-state index contributed by atoms with van der Waals surface area (Å²) in [5.74, 6) is 0.389. The zero-order valence-corrected chi connectivity index (χ0v) is 18.7. The van der Waals surface area contributed by atoms with Gasteiger partial charge in [0.2, 0.25) is 11.8 Å². The summed E-state index contributed by atoms with van der Waals surface area (Å²) in [5.41, 5.74) is 1.34. The maximum absolute atomic E-state index is 12.9. The van der Waals surface area contributed by atoms with Gasteiger partial charge >= 0.3 is 0 Å². The number of anilines is 1. The number of likely N-dealkylation sites (N-methyl/N-ethyl adjacent to an activating group) is 1. The Morgan fingerprint density at radius 2 is 1.71 bits per heavy atom.